The smallest absolute Gasteiger partial charge is 0.224 e. The monoisotopic (exact) mass is 245 g/mol. The van der Waals surface area contributed by atoms with Gasteiger partial charge in [-0.25, -0.2) is 0 Å². The lowest BCUT2D eigenvalue weighted by Crippen LogP contribution is -2.15. The first-order valence-corrected chi connectivity index (χ1v) is 6.33. The lowest BCUT2D eigenvalue weighted by molar-refractivity contribution is -0.116. The number of benzene rings is 1. The molecule has 0 saturated carbocycles. The number of hydrogen-bond donors (Lipinski definition) is 2. The molecule has 0 heterocycles. The number of allylic oxidation sites excluding steroid dienone is 2. The molecular formula is C15H19NO2. The van der Waals surface area contributed by atoms with E-state index in [-0.39, 0.29) is 11.7 Å². The molecule has 0 fully saturated rings. The second-order valence-corrected chi connectivity index (χ2v) is 4.97. The molecule has 1 atom stereocenters. The highest BCUT2D eigenvalue weighted by Crippen LogP contribution is 2.26. The van der Waals surface area contributed by atoms with Crippen LogP contribution in [0.25, 0.3) is 0 Å². The van der Waals surface area contributed by atoms with Crippen molar-refractivity contribution in [1.82, 2.24) is 0 Å². The van der Waals surface area contributed by atoms with Crippen LogP contribution in [0.2, 0.25) is 0 Å². The Morgan fingerprint density at radius 3 is 2.83 bits per heavy atom. The van der Waals surface area contributed by atoms with Gasteiger partial charge in [0.1, 0.15) is 5.75 Å². The second kappa shape index (κ2) is 5.25. The van der Waals surface area contributed by atoms with Crippen LogP contribution in [-0.4, -0.2) is 11.0 Å². The summed E-state index contributed by atoms with van der Waals surface area (Å²) in [5.41, 5.74) is 2.45. The highest BCUT2D eigenvalue weighted by atomic mass is 16.3. The Kier molecular flexibility index (Phi) is 3.70. The Morgan fingerprint density at radius 1 is 1.39 bits per heavy atom. The van der Waals surface area contributed by atoms with Gasteiger partial charge in [0.05, 0.1) is 0 Å². The van der Waals surface area contributed by atoms with Crippen molar-refractivity contribution in [3.8, 4) is 5.75 Å². The fraction of sp³-hybridized carbons (Fsp3) is 0.400. The summed E-state index contributed by atoms with van der Waals surface area (Å²) in [5, 5.41) is 12.5. The van der Waals surface area contributed by atoms with Gasteiger partial charge in [-0.15, -0.1) is 0 Å². The Bertz CT molecular complexity index is 492. The average molecular weight is 245 g/mol. The molecule has 1 aliphatic rings. The van der Waals surface area contributed by atoms with Crippen LogP contribution in [0.1, 0.15) is 30.4 Å². The van der Waals surface area contributed by atoms with Crippen molar-refractivity contribution in [3.05, 3.63) is 35.4 Å². The molecule has 0 spiro atoms. The van der Waals surface area contributed by atoms with Crippen LogP contribution in [0.5, 0.6) is 5.75 Å². The van der Waals surface area contributed by atoms with E-state index in [4.69, 9.17) is 0 Å². The number of amides is 1. The van der Waals surface area contributed by atoms with E-state index < -0.39 is 0 Å². The first-order chi connectivity index (χ1) is 8.56. The van der Waals surface area contributed by atoms with Crippen molar-refractivity contribution in [1.29, 1.82) is 0 Å². The first kappa shape index (κ1) is 12.7. The maximum Gasteiger partial charge on any atom is 0.224 e. The van der Waals surface area contributed by atoms with Gasteiger partial charge < -0.3 is 10.4 Å². The van der Waals surface area contributed by atoms with Gasteiger partial charge in [0, 0.05) is 12.1 Å². The SMILES string of the molecule is Cc1cc(NC(=O)CC2C=CCC2)c(C)cc1O. The quantitative estimate of drug-likeness (QED) is 0.634. The molecule has 2 rings (SSSR count). The van der Waals surface area contributed by atoms with Crippen LogP contribution in [-0.2, 0) is 4.79 Å². The summed E-state index contributed by atoms with van der Waals surface area (Å²) in [5.74, 6) is 0.687. The van der Waals surface area contributed by atoms with Gasteiger partial charge in [0.15, 0.2) is 0 Å². The number of phenolic OH excluding ortho intramolecular Hbond substituents is 1. The van der Waals surface area contributed by atoms with E-state index in [0.717, 1.165) is 29.7 Å². The van der Waals surface area contributed by atoms with Gasteiger partial charge in [-0.2, -0.15) is 0 Å². The minimum Gasteiger partial charge on any atom is -0.508 e. The summed E-state index contributed by atoms with van der Waals surface area (Å²) in [6.07, 6.45) is 6.94. The van der Waals surface area contributed by atoms with Gasteiger partial charge in [-0.3, -0.25) is 4.79 Å². The first-order valence-electron chi connectivity index (χ1n) is 6.33. The third-order valence-corrected chi connectivity index (χ3v) is 3.38. The predicted octanol–water partition coefficient (Wildman–Crippen LogP) is 3.30. The minimum absolute atomic E-state index is 0.0414. The molecule has 0 radical (unpaired) electrons. The summed E-state index contributed by atoms with van der Waals surface area (Å²) in [6.45, 7) is 3.70. The fourth-order valence-corrected chi connectivity index (χ4v) is 2.24. The van der Waals surface area contributed by atoms with Crippen molar-refractivity contribution in [2.24, 2.45) is 5.92 Å². The third-order valence-electron chi connectivity index (χ3n) is 3.38. The second-order valence-electron chi connectivity index (χ2n) is 4.97. The molecule has 96 valence electrons. The van der Waals surface area contributed by atoms with E-state index in [9.17, 15) is 9.90 Å². The summed E-state index contributed by atoms with van der Waals surface area (Å²) < 4.78 is 0. The minimum atomic E-state index is 0.0414. The number of carbonyl (C=O) groups is 1. The lowest BCUT2D eigenvalue weighted by atomic mass is 10.0. The summed E-state index contributed by atoms with van der Waals surface area (Å²) in [6, 6.07) is 3.49. The van der Waals surface area contributed by atoms with Gasteiger partial charge in [-0.1, -0.05) is 12.2 Å². The molecule has 3 heteroatoms. The summed E-state index contributed by atoms with van der Waals surface area (Å²) >= 11 is 0. The van der Waals surface area contributed by atoms with E-state index in [2.05, 4.69) is 17.5 Å². The molecular weight excluding hydrogens is 226 g/mol. The van der Waals surface area contributed by atoms with Gasteiger partial charge in [0.25, 0.3) is 0 Å². The average Bonchev–Trinajstić information content (AvgIpc) is 2.78. The van der Waals surface area contributed by atoms with E-state index in [1.165, 1.54) is 0 Å². The largest absolute Gasteiger partial charge is 0.508 e. The zero-order chi connectivity index (χ0) is 13.1. The number of rotatable bonds is 3. The molecule has 1 aromatic rings. The van der Waals surface area contributed by atoms with Gasteiger partial charge in [0.2, 0.25) is 5.91 Å². The zero-order valence-electron chi connectivity index (χ0n) is 10.9. The maximum atomic E-state index is 11.9. The van der Waals surface area contributed by atoms with Crippen LogP contribution in [0.3, 0.4) is 0 Å². The number of carbonyl (C=O) groups excluding carboxylic acids is 1. The van der Waals surface area contributed by atoms with Crippen LogP contribution in [0.15, 0.2) is 24.3 Å². The van der Waals surface area contributed by atoms with Crippen molar-refractivity contribution >= 4 is 11.6 Å². The summed E-state index contributed by atoms with van der Waals surface area (Å²) in [4.78, 5) is 11.9. The van der Waals surface area contributed by atoms with Crippen molar-refractivity contribution < 1.29 is 9.90 Å². The predicted molar refractivity (Wildman–Crippen MR) is 72.7 cm³/mol. The third kappa shape index (κ3) is 2.92. The molecule has 1 aliphatic carbocycles. The normalized spacial score (nSPS) is 18.0. The molecule has 1 aromatic carbocycles. The number of hydrogen-bond acceptors (Lipinski definition) is 2. The number of nitrogens with one attached hydrogen (secondary N) is 1. The molecule has 2 N–H and O–H groups in total. The molecule has 0 aliphatic heterocycles. The summed E-state index contributed by atoms with van der Waals surface area (Å²) in [7, 11) is 0. The molecule has 1 unspecified atom stereocenters. The van der Waals surface area contributed by atoms with Crippen LogP contribution < -0.4 is 5.32 Å². The Hall–Kier alpha value is -1.77. The molecule has 0 bridgehead atoms. The molecule has 0 aromatic heterocycles. The van der Waals surface area contributed by atoms with Crippen molar-refractivity contribution in [2.75, 3.05) is 5.32 Å². The highest BCUT2D eigenvalue weighted by molar-refractivity contribution is 5.92. The van der Waals surface area contributed by atoms with Gasteiger partial charge >= 0.3 is 0 Å². The Labute approximate surface area is 108 Å². The van der Waals surface area contributed by atoms with Crippen molar-refractivity contribution in [3.63, 3.8) is 0 Å². The van der Waals surface area contributed by atoms with Gasteiger partial charge in [-0.05, 0) is 55.9 Å². The highest BCUT2D eigenvalue weighted by Gasteiger charge is 2.15. The molecule has 18 heavy (non-hydrogen) atoms. The number of aryl methyl sites for hydroxylation is 2. The van der Waals surface area contributed by atoms with E-state index in [1.807, 2.05) is 19.9 Å². The van der Waals surface area contributed by atoms with Crippen LogP contribution in [0, 0.1) is 19.8 Å². The number of phenols is 1. The number of anilines is 1. The van der Waals surface area contributed by atoms with Crippen LogP contribution >= 0.6 is 0 Å². The van der Waals surface area contributed by atoms with Crippen molar-refractivity contribution in [2.45, 2.75) is 33.1 Å². The topological polar surface area (TPSA) is 49.3 Å². The molecule has 3 nitrogen and oxygen atoms in total. The van der Waals surface area contributed by atoms with E-state index >= 15 is 0 Å². The molecule has 0 saturated heterocycles. The fourth-order valence-electron chi connectivity index (χ4n) is 2.24. The molecule has 1 amide bonds. The maximum absolute atomic E-state index is 11.9. The number of aromatic hydroxyl groups is 1. The van der Waals surface area contributed by atoms with E-state index in [0.29, 0.717) is 12.3 Å². The lowest BCUT2D eigenvalue weighted by Gasteiger charge is -2.12. The Morgan fingerprint density at radius 2 is 2.17 bits per heavy atom. The van der Waals surface area contributed by atoms with Crippen LogP contribution in [0.4, 0.5) is 5.69 Å². The standard InChI is InChI=1S/C15H19NO2/c1-10-8-14(17)11(2)7-13(10)16-15(18)9-12-5-3-4-6-12/h3,5,7-8,12,17H,4,6,9H2,1-2H3,(H,16,18). The zero-order valence-corrected chi connectivity index (χ0v) is 10.9. The van der Waals surface area contributed by atoms with E-state index in [1.54, 1.807) is 6.07 Å². The Balaban J connectivity index is 2.02.